The second kappa shape index (κ2) is 4.92. The van der Waals surface area contributed by atoms with Crippen molar-refractivity contribution in [1.29, 1.82) is 0 Å². The number of carbonyl (C=O) groups is 1. The van der Waals surface area contributed by atoms with Crippen molar-refractivity contribution >= 4 is 5.97 Å². The van der Waals surface area contributed by atoms with Crippen LogP contribution in [0, 0.1) is 6.92 Å². The number of hydrogen-bond acceptors (Lipinski definition) is 2. The monoisotopic (exact) mass is 242 g/mol. The maximum absolute atomic E-state index is 10.7. The Labute approximate surface area is 105 Å². The number of hydrogen-bond donors (Lipinski definition) is 2. The topological polar surface area (TPSA) is 57.5 Å². The lowest BCUT2D eigenvalue weighted by molar-refractivity contribution is -0.136. The Morgan fingerprint density at radius 3 is 2.56 bits per heavy atom. The van der Waals surface area contributed by atoms with Gasteiger partial charge in [-0.1, -0.05) is 30.3 Å². The van der Waals surface area contributed by atoms with E-state index >= 15 is 0 Å². The zero-order valence-corrected chi connectivity index (χ0v) is 10.1. The van der Waals surface area contributed by atoms with E-state index in [0.29, 0.717) is 5.56 Å². The number of carboxylic acids is 1. The molecule has 0 bridgehead atoms. The summed E-state index contributed by atoms with van der Waals surface area (Å²) in [6, 6.07) is 12.9. The fraction of sp³-hybridized carbons (Fsp3) is 0.133. The summed E-state index contributed by atoms with van der Waals surface area (Å²) in [5.74, 6) is -0.929. The third-order valence-corrected chi connectivity index (χ3v) is 2.88. The molecule has 92 valence electrons. The summed E-state index contributed by atoms with van der Waals surface area (Å²) < 4.78 is 0. The van der Waals surface area contributed by atoms with Crippen LogP contribution in [0.3, 0.4) is 0 Å². The highest BCUT2D eigenvalue weighted by Crippen LogP contribution is 2.28. The van der Waals surface area contributed by atoms with E-state index in [2.05, 4.69) is 0 Å². The van der Waals surface area contributed by atoms with Gasteiger partial charge in [0, 0.05) is 5.56 Å². The van der Waals surface area contributed by atoms with Gasteiger partial charge in [0.05, 0.1) is 6.42 Å². The summed E-state index contributed by atoms with van der Waals surface area (Å²) in [6.07, 6.45) is -0.175. The second-order valence-corrected chi connectivity index (χ2v) is 4.23. The van der Waals surface area contributed by atoms with Crippen molar-refractivity contribution in [1.82, 2.24) is 0 Å². The van der Waals surface area contributed by atoms with Crippen LogP contribution in [-0.4, -0.2) is 16.2 Å². The molecular formula is C15H14O3. The number of aryl methyl sites for hydroxylation is 1. The molecule has 0 saturated carbocycles. The van der Waals surface area contributed by atoms with Crippen LogP contribution in [0.4, 0.5) is 0 Å². The number of carboxylic acid groups (broad SMARTS) is 1. The first kappa shape index (κ1) is 12.2. The molecule has 0 aliphatic heterocycles. The summed E-state index contributed by atoms with van der Waals surface area (Å²) in [7, 11) is 0. The molecule has 0 fully saturated rings. The fourth-order valence-corrected chi connectivity index (χ4v) is 1.95. The summed E-state index contributed by atoms with van der Waals surface area (Å²) in [5.41, 5.74) is 3.51. The number of phenolic OH excluding ortho intramolecular Hbond substituents is 1. The largest absolute Gasteiger partial charge is 0.508 e. The van der Waals surface area contributed by atoms with E-state index in [4.69, 9.17) is 5.11 Å². The van der Waals surface area contributed by atoms with Crippen molar-refractivity contribution in [3.05, 3.63) is 53.6 Å². The highest BCUT2D eigenvalue weighted by atomic mass is 16.4. The maximum atomic E-state index is 10.7. The molecule has 0 saturated heterocycles. The average molecular weight is 242 g/mol. The van der Waals surface area contributed by atoms with E-state index in [1.165, 1.54) is 0 Å². The molecule has 0 heterocycles. The van der Waals surface area contributed by atoms with Crippen molar-refractivity contribution in [2.24, 2.45) is 0 Å². The normalized spacial score (nSPS) is 10.3. The third kappa shape index (κ3) is 2.51. The number of phenols is 1. The first-order valence-electron chi connectivity index (χ1n) is 5.67. The van der Waals surface area contributed by atoms with Gasteiger partial charge in [-0.2, -0.15) is 0 Å². The lowest BCUT2D eigenvalue weighted by Crippen LogP contribution is -2.00. The minimum absolute atomic E-state index is 0.0229. The summed E-state index contributed by atoms with van der Waals surface area (Å²) in [5, 5.41) is 18.4. The molecule has 18 heavy (non-hydrogen) atoms. The predicted octanol–water partition coefficient (Wildman–Crippen LogP) is 2.99. The Kier molecular flexibility index (Phi) is 3.33. The third-order valence-electron chi connectivity index (χ3n) is 2.88. The lowest BCUT2D eigenvalue weighted by atomic mass is 9.97. The minimum atomic E-state index is -0.952. The Morgan fingerprint density at radius 1 is 1.17 bits per heavy atom. The minimum Gasteiger partial charge on any atom is -0.508 e. The molecule has 0 spiro atoms. The van der Waals surface area contributed by atoms with Crippen LogP contribution in [0.1, 0.15) is 11.1 Å². The van der Waals surface area contributed by atoms with Crippen LogP contribution in [0.25, 0.3) is 11.1 Å². The van der Waals surface area contributed by atoms with Gasteiger partial charge in [-0.05, 0) is 35.7 Å². The van der Waals surface area contributed by atoms with Gasteiger partial charge in [-0.25, -0.2) is 0 Å². The Morgan fingerprint density at radius 2 is 1.89 bits per heavy atom. The maximum Gasteiger partial charge on any atom is 0.307 e. The van der Waals surface area contributed by atoms with Crippen LogP contribution >= 0.6 is 0 Å². The molecule has 2 aromatic carbocycles. The number of rotatable bonds is 3. The van der Waals surface area contributed by atoms with E-state index in [0.717, 1.165) is 16.7 Å². The van der Waals surface area contributed by atoms with Crippen LogP contribution in [0.2, 0.25) is 0 Å². The molecule has 3 heteroatoms. The molecule has 2 N–H and O–H groups in total. The van der Waals surface area contributed by atoms with Crippen molar-refractivity contribution in [2.75, 3.05) is 0 Å². The molecule has 0 radical (unpaired) electrons. The van der Waals surface area contributed by atoms with Gasteiger partial charge in [0.2, 0.25) is 0 Å². The average Bonchev–Trinajstić information content (AvgIpc) is 2.32. The number of benzene rings is 2. The first-order chi connectivity index (χ1) is 8.58. The van der Waals surface area contributed by atoms with Crippen molar-refractivity contribution < 1.29 is 15.0 Å². The van der Waals surface area contributed by atoms with E-state index in [9.17, 15) is 9.90 Å². The molecule has 0 aliphatic carbocycles. The summed E-state index contributed by atoms with van der Waals surface area (Å²) in [6.45, 7) is 2.00. The first-order valence-corrected chi connectivity index (χ1v) is 5.67. The molecule has 0 atom stereocenters. The molecular weight excluding hydrogens is 228 g/mol. The van der Waals surface area contributed by atoms with Gasteiger partial charge in [-0.15, -0.1) is 0 Å². The fourth-order valence-electron chi connectivity index (χ4n) is 1.95. The van der Waals surface area contributed by atoms with Crippen molar-refractivity contribution in [2.45, 2.75) is 13.3 Å². The Balaban J connectivity index is 2.47. The van der Waals surface area contributed by atoms with E-state index in [-0.39, 0.29) is 12.2 Å². The molecule has 0 aliphatic rings. The summed E-state index contributed by atoms with van der Waals surface area (Å²) >= 11 is 0. The predicted molar refractivity (Wildman–Crippen MR) is 69.6 cm³/mol. The van der Waals surface area contributed by atoms with Crippen LogP contribution < -0.4 is 0 Å². The van der Waals surface area contributed by atoms with E-state index in [1.54, 1.807) is 18.2 Å². The molecule has 2 rings (SSSR count). The smallest absolute Gasteiger partial charge is 0.307 e. The summed E-state index contributed by atoms with van der Waals surface area (Å²) in [4.78, 5) is 10.7. The number of aromatic hydroxyl groups is 1. The lowest BCUT2D eigenvalue weighted by Gasteiger charge is -2.08. The Bertz CT molecular complexity index is 588. The van der Waals surface area contributed by atoms with Gasteiger partial charge in [0.25, 0.3) is 0 Å². The molecule has 3 nitrogen and oxygen atoms in total. The Hall–Kier alpha value is -2.29. The highest BCUT2D eigenvalue weighted by molar-refractivity contribution is 5.74. The zero-order valence-electron chi connectivity index (χ0n) is 10.1. The number of aliphatic carboxylic acids is 1. The zero-order chi connectivity index (χ0) is 13.1. The van der Waals surface area contributed by atoms with E-state index < -0.39 is 5.97 Å². The van der Waals surface area contributed by atoms with Gasteiger partial charge >= 0.3 is 5.97 Å². The van der Waals surface area contributed by atoms with Gasteiger partial charge in [-0.3, -0.25) is 4.79 Å². The van der Waals surface area contributed by atoms with Crippen LogP contribution in [0.5, 0.6) is 5.75 Å². The van der Waals surface area contributed by atoms with Crippen LogP contribution in [-0.2, 0) is 11.2 Å². The second-order valence-electron chi connectivity index (χ2n) is 4.23. The van der Waals surface area contributed by atoms with Crippen molar-refractivity contribution in [3.8, 4) is 16.9 Å². The van der Waals surface area contributed by atoms with Gasteiger partial charge in [0.15, 0.2) is 0 Å². The van der Waals surface area contributed by atoms with Gasteiger partial charge in [0.1, 0.15) is 5.75 Å². The SMILES string of the molecule is Cc1ccccc1-c1ccc(O)c(CC(=O)O)c1. The van der Waals surface area contributed by atoms with Gasteiger partial charge < -0.3 is 10.2 Å². The molecule has 0 unspecified atom stereocenters. The quantitative estimate of drug-likeness (QED) is 0.869. The molecule has 0 amide bonds. The van der Waals surface area contributed by atoms with E-state index in [1.807, 2.05) is 31.2 Å². The highest BCUT2D eigenvalue weighted by Gasteiger charge is 2.09. The molecule has 2 aromatic rings. The van der Waals surface area contributed by atoms with Crippen molar-refractivity contribution in [3.63, 3.8) is 0 Å². The standard InChI is InChI=1S/C15H14O3/c1-10-4-2-3-5-13(10)11-6-7-14(16)12(8-11)9-15(17)18/h2-8,16H,9H2,1H3,(H,17,18). The van der Waals surface area contributed by atoms with Crippen LogP contribution in [0.15, 0.2) is 42.5 Å². The molecule has 0 aromatic heterocycles.